The molecule has 4 N–H and O–H groups in total. The molecule has 34 heavy (non-hydrogen) atoms. The second-order valence-electron chi connectivity index (χ2n) is 9.64. The van der Waals surface area contributed by atoms with Crippen LogP contribution in [0.1, 0.15) is 32.3 Å². The number of amides is 3. The summed E-state index contributed by atoms with van der Waals surface area (Å²) >= 11 is 0. The number of nitrogens with zero attached hydrogens (tertiary/aromatic N) is 4. The van der Waals surface area contributed by atoms with E-state index in [2.05, 4.69) is 15.6 Å². The van der Waals surface area contributed by atoms with Crippen LogP contribution in [0.2, 0.25) is 0 Å². The van der Waals surface area contributed by atoms with Gasteiger partial charge >= 0.3 is 11.7 Å². The van der Waals surface area contributed by atoms with Crippen LogP contribution in [0, 0.1) is 5.92 Å². The molecule has 0 atom stereocenters. The molecule has 0 spiro atoms. The van der Waals surface area contributed by atoms with Crippen LogP contribution in [0.3, 0.4) is 0 Å². The zero-order chi connectivity index (χ0) is 24.3. The number of nitrogens with two attached hydrogens (primary N) is 1. The highest BCUT2D eigenvalue weighted by molar-refractivity contribution is 5.89. The number of rotatable bonds is 7. The maximum absolute atomic E-state index is 12.6. The zero-order valence-electron chi connectivity index (χ0n) is 19.8. The minimum Gasteiger partial charge on any atom is -0.338 e. The third-order valence-electron chi connectivity index (χ3n) is 6.12. The van der Waals surface area contributed by atoms with E-state index in [-0.39, 0.29) is 17.8 Å². The van der Waals surface area contributed by atoms with E-state index in [0.717, 1.165) is 24.6 Å². The molecule has 1 aliphatic heterocycles. The Kier molecular flexibility index (Phi) is 6.99. The maximum atomic E-state index is 12.6. The van der Waals surface area contributed by atoms with Gasteiger partial charge in [0, 0.05) is 38.9 Å². The number of anilines is 1. The summed E-state index contributed by atoms with van der Waals surface area (Å²) in [4.78, 5) is 44.7. The van der Waals surface area contributed by atoms with E-state index in [4.69, 9.17) is 5.73 Å². The van der Waals surface area contributed by atoms with E-state index >= 15 is 0 Å². The van der Waals surface area contributed by atoms with Gasteiger partial charge in [-0.25, -0.2) is 9.59 Å². The highest BCUT2D eigenvalue weighted by atomic mass is 16.2. The summed E-state index contributed by atoms with van der Waals surface area (Å²) in [7, 11) is 0. The summed E-state index contributed by atoms with van der Waals surface area (Å²) in [6.45, 7) is 6.79. The Hall–Kier alpha value is -3.24. The van der Waals surface area contributed by atoms with Crippen molar-refractivity contribution >= 4 is 17.8 Å². The summed E-state index contributed by atoms with van der Waals surface area (Å²) in [5.74, 6) is 0.884. The van der Waals surface area contributed by atoms with E-state index in [0.29, 0.717) is 31.9 Å². The van der Waals surface area contributed by atoms with E-state index in [1.165, 1.54) is 17.4 Å². The highest BCUT2D eigenvalue weighted by Crippen LogP contribution is 2.27. The van der Waals surface area contributed by atoms with Gasteiger partial charge in [-0.15, -0.1) is 0 Å². The van der Waals surface area contributed by atoms with Crippen LogP contribution in [-0.4, -0.2) is 69.6 Å². The number of benzene rings is 1. The second kappa shape index (κ2) is 9.94. The number of carbonyl (C=O) groups is 2. The van der Waals surface area contributed by atoms with Crippen molar-refractivity contribution < 1.29 is 9.59 Å². The standard InChI is InChI=1S/C24H33N7O3/c1-24(2,25)21(32)29-11-13-30(14-12-29)22(33)27-20-9-10-31(23(34)28-20)19-7-5-18(6-8-19)16-26-15-17-3-4-17/h5-10,17,26H,3-4,11-16,25H2,1-2H3,(H,27,28,33,34). The quantitative estimate of drug-likeness (QED) is 0.561. The number of urea groups is 1. The summed E-state index contributed by atoms with van der Waals surface area (Å²) < 4.78 is 1.44. The van der Waals surface area contributed by atoms with E-state index in [1.54, 1.807) is 35.9 Å². The number of piperazine rings is 1. The van der Waals surface area contributed by atoms with Crippen LogP contribution in [-0.2, 0) is 11.3 Å². The lowest BCUT2D eigenvalue weighted by molar-refractivity contribution is -0.137. The number of nitrogens with one attached hydrogen (secondary N) is 2. The topological polar surface area (TPSA) is 126 Å². The van der Waals surface area contributed by atoms with Crippen molar-refractivity contribution in [3.63, 3.8) is 0 Å². The number of aromatic nitrogens is 2. The molecule has 2 aromatic rings. The highest BCUT2D eigenvalue weighted by Gasteiger charge is 2.31. The van der Waals surface area contributed by atoms with Crippen molar-refractivity contribution in [2.75, 3.05) is 38.0 Å². The van der Waals surface area contributed by atoms with Gasteiger partial charge in [0.2, 0.25) is 5.91 Å². The predicted molar refractivity (Wildman–Crippen MR) is 130 cm³/mol. The molecule has 1 saturated carbocycles. The fourth-order valence-electron chi connectivity index (χ4n) is 3.89. The number of carbonyl (C=O) groups excluding carboxylic acids is 2. The van der Waals surface area contributed by atoms with Gasteiger partial charge in [0.05, 0.1) is 11.2 Å². The Morgan fingerprint density at radius 2 is 1.71 bits per heavy atom. The van der Waals surface area contributed by atoms with Crippen LogP contribution in [0.5, 0.6) is 0 Å². The van der Waals surface area contributed by atoms with Crippen LogP contribution in [0.25, 0.3) is 5.69 Å². The molecule has 1 saturated heterocycles. The number of hydrogen-bond acceptors (Lipinski definition) is 6. The lowest BCUT2D eigenvalue weighted by Gasteiger charge is -2.37. The first kappa shape index (κ1) is 23.9. The minimum absolute atomic E-state index is 0.139. The summed E-state index contributed by atoms with van der Waals surface area (Å²) in [5.41, 5.74) is 6.34. The summed E-state index contributed by atoms with van der Waals surface area (Å²) in [5, 5.41) is 6.13. The molecule has 4 rings (SSSR count). The van der Waals surface area contributed by atoms with Crippen LogP contribution < -0.4 is 22.1 Å². The van der Waals surface area contributed by atoms with Gasteiger partial charge in [0.25, 0.3) is 0 Å². The minimum atomic E-state index is -0.939. The monoisotopic (exact) mass is 467 g/mol. The third kappa shape index (κ3) is 6.00. The van der Waals surface area contributed by atoms with Crippen LogP contribution >= 0.6 is 0 Å². The van der Waals surface area contributed by atoms with Crippen molar-refractivity contribution in [3.8, 4) is 5.69 Å². The molecule has 10 nitrogen and oxygen atoms in total. The summed E-state index contributed by atoms with van der Waals surface area (Å²) in [6, 6.07) is 9.01. The Morgan fingerprint density at radius 3 is 2.29 bits per heavy atom. The Labute approximate surface area is 199 Å². The molecule has 2 aliphatic rings. The van der Waals surface area contributed by atoms with Crippen molar-refractivity contribution in [2.24, 2.45) is 11.7 Å². The fraction of sp³-hybridized carbons (Fsp3) is 0.500. The maximum Gasteiger partial charge on any atom is 0.354 e. The molecule has 1 aromatic carbocycles. The van der Waals surface area contributed by atoms with Crippen LogP contribution in [0.15, 0.2) is 41.3 Å². The molecule has 0 bridgehead atoms. The molecule has 10 heteroatoms. The van der Waals surface area contributed by atoms with E-state index < -0.39 is 11.2 Å². The smallest absolute Gasteiger partial charge is 0.338 e. The molecular weight excluding hydrogens is 434 g/mol. The summed E-state index contributed by atoms with van der Waals surface area (Å²) in [6.07, 6.45) is 4.25. The van der Waals surface area contributed by atoms with Crippen molar-refractivity contribution in [2.45, 2.75) is 38.8 Å². The molecule has 3 amide bonds. The van der Waals surface area contributed by atoms with Crippen molar-refractivity contribution in [1.82, 2.24) is 24.7 Å². The largest absolute Gasteiger partial charge is 0.354 e. The first-order chi connectivity index (χ1) is 16.2. The molecular formula is C24H33N7O3. The second-order valence-corrected chi connectivity index (χ2v) is 9.64. The molecule has 1 aromatic heterocycles. The molecule has 2 fully saturated rings. The van der Waals surface area contributed by atoms with Gasteiger partial charge in [-0.05, 0) is 62.9 Å². The zero-order valence-corrected chi connectivity index (χ0v) is 19.8. The SMILES string of the molecule is CC(C)(N)C(=O)N1CCN(C(=O)Nc2ccn(-c3ccc(CNCC4CC4)cc3)c(=O)n2)CC1. The van der Waals surface area contributed by atoms with Gasteiger partial charge < -0.3 is 20.9 Å². The molecule has 2 heterocycles. The predicted octanol–water partition coefficient (Wildman–Crippen LogP) is 1.15. The van der Waals surface area contributed by atoms with Gasteiger partial charge in [-0.2, -0.15) is 4.98 Å². The van der Waals surface area contributed by atoms with Gasteiger partial charge in [-0.1, -0.05) is 12.1 Å². The lowest BCUT2D eigenvalue weighted by atomic mass is 10.1. The van der Waals surface area contributed by atoms with E-state index in [1.807, 2.05) is 24.3 Å². The molecule has 1 aliphatic carbocycles. The van der Waals surface area contributed by atoms with E-state index in [9.17, 15) is 14.4 Å². The normalized spacial score (nSPS) is 16.4. The van der Waals surface area contributed by atoms with Crippen LogP contribution in [0.4, 0.5) is 10.6 Å². The van der Waals surface area contributed by atoms with Gasteiger partial charge in [0.1, 0.15) is 5.82 Å². The number of hydrogen-bond donors (Lipinski definition) is 3. The average molecular weight is 468 g/mol. The Balaban J connectivity index is 1.31. The van der Waals surface area contributed by atoms with Gasteiger partial charge in [0.15, 0.2) is 0 Å². The fourth-order valence-corrected chi connectivity index (χ4v) is 3.89. The first-order valence-electron chi connectivity index (χ1n) is 11.7. The first-order valence-corrected chi connectivity index (χ1v) is 11.7. The van der Waals surface area contributed by atoms with Crippen molar-refractivity contribution in [1.29, 1.82) is 0 Å². The lowest BCUT2D eigenvalue weighted by Crippen LogP contribution is -2.58. The van der Waals surface area contributed by atoms with Crippen molar-refractivity contribution in [3.05, 3.63) is 52.6 Å². The Morgan fingerprint density at radius 1 is 1.06 bits per heavy atom. The Bertz CT molecular complexity index is 1080. The molecule has 182 valence electrons. The average Bonchev–Trinajstić information content (AvgIpc) is 3.63. The molecule has 0 unspecified atom stereocenters. The third-order valence-corrected chi connectivity index (χ3v) is 6.12. The van der Waals surface area contributed by atoms with Gasteiger partial charge in [-0.3, -0.25) is 14.7 Å². The molecule has 0 radical (unpaired) electrons.